The molecule has 5 nitrogen and oxygen atoms in total. The molecule has 0 aromatic carbocycles. The summed E-state index contributed by atoms with van der Waals surface area (Å²) in [6.07, 6.45) is 0. The number of hydrogen-bond donors (Lipinski definition) is 2. The van der Waals surface area contributed by atoms with Gasteiger partial charge in [-0.1, -0.05) is 11.8 Å². The molecule has 0 aromatic rings. The van der Waals surface area contributed by atoms with E-state index in [0.717, 1.165) is 5.75 Å². The van der Waals surface area contributed by atoms with E-state index in [1.807, 2.05) is 0 Å². The molecule has 1 rings (SSSR count). The molecular weight excluding hydrogens is 178 g/mol. The minimum atomic E-state index is -0.661. The molecule has 1 aliphatic rings. The molecule has 0 atom stereocenters. The van der Waals surface area contributed by atoms with Gasteiger partial charge in [0.05, 0.1) is 6.54 Å². The molecule has 1 aliphatic heterocycles. The van der Waals surface area contributed by atoms with E-state index in [0.29, 0.717) is 11.7 Å². The number of likely N-dealkylation sites (N-methyl/N-ethyl adjacent to an activating group) is 1. The van der Waals surface area contributed by atoms with Gasteiger partial charge in [0.25, 0.3) is 0 Å². The lowest BCUT2D eigenvalue weighted by atomic mass is 10.5. The van der Waals surface area contributed by atoms with E-state index in [1.165, 1.54) is 18.8 Å². The van der Waals surface area contributed by atoms with Crippen LogP contribution >= 0.6 is 11.8 Å². The van der Waals surface area contributed by atoms with Gasteiger partial charge in [0, 0.05) is 12.8 Å². The average molecular weight is 187 g/mol. The van der Waals surface area contributed by atoms with Gasteiger partial charge in [-0.15, -0.1) is 0 Å². The third-order valence-electron chi connectivity index (χ3n) is 1.24. The van der Waals surface area contributed by atoms with Crippen LogP contribution in [0.5, 0.6) is 0 Å². The first-order valence-corrected chi connectivity index (χ1v) is 4.43. The van der Waals surface area contributed by atoms with Crippen LogP contribution in [0.2, 0.25) is 0 Å². The minimum absolute atomic E-state index is 0.531. The van der Waals surface area contributed by atoms with E-state index >= 15 is 0 Å². The van der Waals surface area contributed by atoms with Crippen molar-refractivity contribution in [3.8, 4) is 0 Å². The lowest BCUT2D eigenvalue weighted by Gasteiger charge is -2.00. The van der Waals surface area contributed by atoms with Gasteiger partial charge in [0.15, 0.2) is 5.17 Å². The number of aliphatic imine (C=N–C) groups is 1. The summed E-state index contributed by atoms with van der Waals surface area (Å²) >= 11 is 1.44. The number of thioether (sulfide) groups is 1. The summed E-state index contributed by atoms with van der Waals surface area (Å²) in [5.74, 6) is -0.445. The third-order valence-corrected chi connectivity index (χ3v) is 2.13. The third kappa shape index (κ3) is 2.23. The Morgan fingerprint density at radius 2 is 2.25 bits per heavy atom. The smallest absolute Gasteiger partial charge is 0.315 e. The molecule has 0 bridgehead atoms. The number of nitrogens with zero attached hydrogens (tertiary/aromatic N) is 1. The molecule has 12 heavy (non-hydrogen) atoms. The van der Waals surface area contributed by atoms with Gasteiger partial charge in [0.1, 0.15) is 0 Å². The van der Waals surface area contributed by atoms with Crippen molar-refractivity contribution in [1.29, 1.82) is 0 Å². The number of carbonyl (C=O) groups excluding carboxylic acids is 2. The molecule has 0 saturated heterocycles. The van der Waals surface area contributed by atoms with Gasteiger partial charge in [-0.2, -0.15) is 0 Å². The van der Waals surface area contributed by atoms with Gasteiger partial charge in [-0.05, 0) is 0 Å². The number of hydrogen-bond acceptors (Lipinski definition) is 4. The fourth-order valence-electron chi connectivity index (χ4n) is 0.678. The van der Waals surface area contributed by atoms with Gasteiger partial charge in [-0.25, -0.2) is 0 Å². The van der Waals surface area contributed by atoms with Gasteiger partial charge >= 0.3 is 11.8 Å². The van der Waals surface area contributed by atoms with Crippen molar-refractivity contribution >= 4 is 28.7 Å². The van der Waals surface area contributed by atoms with E-state index in [4.69, 9.17) is 0 Å². The first-order chi connectivity index (χ1) is 5.74. The Hall–Kier alpha value is -1.04. The molecule has 2 amide bonds. The Balaban J connectivity index is 2.40. The van der Waals surface area contributed by atoms with Gasteiger partial charge in [-0.3, -0.25) is 19.9 Å². The summed E-state index contributed by atoms with van der Waals surface area (Å²) in [6.45, 7) is 0.702. The van der Waals surface area contributed by atoms with E-state index < -0.39 is 11.8 Å². The normalized spacial score (nSPS) is 15.2. The number of amidine groups is 1. The van der Waals surface area contributed by atoms with E-state index in [1.54, 1.807) is 0 Å². The predicted molar refractivity (Wildman–Crippen MR) is 47.0 cm³/mol. The maximum Gasteiger partial charge on any atom is 0.315 e. The highest BCUT2D eigenvalue weighted by atomic mass is 32.2. The SMILES string of the molecule is CNC(=O)C(=O)NC1=NCCS1. The van der Waals surface area contributed by atoms with Crippen LogP contribution in [0.15, 0.2) is 4.99 Å². The molecule has 0 fully saturated rings. The lowest BCUT2D eigenvalue weighted by Crippen LogP contribution is -2.39. The molecule has 2 N–H and O–H groups in total. The van der Waals surface area contributed by atoms with Crippen LogP contribution in [0.3, 0.4) is 0 Å². The van der Waals surface area contributed by atoms with Gasteiger partial charge in [0.2, 0.25) is 0 Å². The van der Waals surface area contributed by atoms with Crippen molar-refractivity contribution in [2.45, 2.75) is 0 Å². The number of rotatable bonds is 0. The molecule has 0 saturated carbocycles. The molecule has 0 aliphatic carbocycles. The highest BCUT2D eigenvalue weighted by molar-refractivity contribution is 8.14. The highest BCUT2D eigenvalue weighted by Gasteiger charge is 2.15. The maximum atomic E-state index is 10.9. The second kappa shape index (κ2) is 4.10. The summed E-state index contributed by atoms with van der Waals surface area (Å²) < 4.78 is 0. The Labute approximate surface area is 74.0 Å². The van der Waals surface area contributed by atoms with Crippen molar-refractivity contribution < 1.29 is 9.59 Å². The van der Waals surface area contributed by atoms with Crippen LogP contribution in [-0.2, 0) is 9.59 Å². The van der Waals surface area contributed by atoms with Crippen LogP contribution in [0.1, 0.15) is 0 Å². The lowest BCUT2D eigenvalue weighted by molar-refractivity contribution is -0.137. The zero-order chi connectivity index (χ0) is 8.97. The zero-order valence-electron chi connectivity index (χ0n) is 6.59. The fourth-order valence-corrected chi connectivity index (χ4v) is 1.40. The summed E-state index contributed by atoms with van der Waals surface area (Å²) in [6, 6.07) is 0. The number of amides is 2. The van der Waals surface area contributed by atoms with Crippen LogP contribution in [0.25, 0.3) is 0 Å². The average Bonchev–Trinajstić information content (AvgIpc) is 2.55. The molecular formula is C6H9N3O2S. The first kappa shape index (κ1) is 9.05. The molecule has 0 spiro atoms. The fraction of sp³-hybridized carbons (Fsp3) is 0.500. The molecule has 0 unspecified atom stereocenters. The van der Waals surface area contributed by atoms with Gasteiger partial charge < -0.3 is 5.32 Å². The highest BCUT2D eigenvalue weighted by Crippen LogP contribution is 2.08. The van der Waals surface area contributed by atoms with Crippen molar-refractivity contribution in [3.63, 3.8) is 0 Å². The predicted octanol–water partition coefficient (Wildman–Crippen LogP) is -1.05. The zero-order valence-corrected chi connectivity index (χ0v) is 7.40. The van der Waals surface area contributed by atoms with Crippen molar-refractivity contribution in [2.75, 3.05) is 19.3 Å². The topological polar surface area (TPSA) is 70.6 Å². The number of carbonyl (C=O) groups is 2. The second-order valence-corrected chi connectivity index (χ2v) is 3.15. The maximum absolute atomic E-state index is 10.9. The summed E-state index contributed by atoms with van der Waals surface area (Å²) in [4.78, 5) is 25.6. The van der Waals surface area contributed by atoms with Crippen molar-refractivity contribution in [3.05, 3.63) is 0 Å². The molecule has 6 heteroatoms. The number of nitrogens with one attached hydrogen (secondary N) is 2. The van der Waals surface area contributed by atoms with Crippen LogP contribution < -0.4 is 10.6 Å². The Morgan fingerprint density at radius 1 is 1.50 bits per heavy atom. The van der Waals surface area contributed by atoms with Crippen molar-refractivity contribution in [2.24, 2.45) is 4.99 Å². The van der Waals surface area contributed by atoms with Crippen LogP contribution in [-0.4, -0.2) is 36.3 Å². The molecule has 0 radical (unpaired) electrons. The second-order valence-electron chi connectivity index (χ2n) is 2.07. The Bertz CT molecular complexity index is 239. The van der Waals surface area contributed by atoms with E-state index in [-0.39, 0.29) is 0 Å². The minimum Gasteiger partial charge on any atom is -0.351 e. The Kier molecular flexibility index (Phi) is 3.09. The summed E-state index contributed by atoms with van der Waals surface area (Å²) in [7, 11) is 1.41. The van der Waals surface area contributed by atoms with E-state index in [2.05, 4.69) is 15.6 Å². The molecule has 1 heterocycles. The van der Waals surface area contributed by atoms with Crippen LogP contribution in [0, 0.1) is 0 Å². The molecule has 66 valence electrons. The monoisotopic (exact) mass is 187 g/mol. The van der Waals surface area contributed by atoms with Crippen molar-refractivity contribution in [1.82, 2.24) is 10.6 Å². The summed E-state index contributed by atoms with van der Waals surface area (Å²) in [5.41, 5.74) is 0. The Morgan fingerprint density at radius 3 is 2.75 bits per heavy atom. The molecule has 0 aromatic heterocycles. The summed E-state index contributed by atoms with van der Waals surface area (Å²) in [5, 5.41) is 5.15. The quantitative estimate of drug-likeness (QED) is 0.475. The van der Waals surface area contributed by atoms with Crippen LogP contribution in [0.4, 0.5) is 0 Å². The van der Waals surface area contributed by atoms with E-state index in [9.17, 15) is 9.59 Å². The largest absolute Gasteiger partial charge is 0.351 e. The standard InChI is InChI=1S/C6H9N3O2S/c1-7-4(10)5(11)9-6-8-2-3-12-6/h2-3H2,1H3,(H,7,10)(H,8,9,11). The first-order valence-electron chi connectivity index (χ1n) is 3.44.